The van der Waals surface area contributed by atoms with Gasteiger partial charge in [-0.2, -0.15) is 5.26 Å². The maximum atomic E-state index is 9.50. The van der Waals surface area contributed by atoms with Gasteiger partial charge in [-0.25, -0.2) is 0 Å². The number of hydrogen-bond donors (Lipinski definition) is 0. The van der Waals surface area contributed by atoms with Crippen LogP contribution in [0.25, 0.3) is 16.7 Å². The molecular weight excluding hydrogens is 462 g/mol. The second kappa shape index (κ2) is 6.76. The first-order chi connectivity index (χ1) is 13.1. The van der Waals surface area contributed by atoms with Gasteiger partial charge in [0.1, 0.15) is 0 Å². The maximum absolute atomic E-state index is 9.50. The first-order valence-electron chi connectivity index (χ1n) is 9.53. The van der Waals surface area contributed by atoms with E-state index in [0.29, 0.717) is 0 Å². The van der Waals surface area contributed by atoms with Crippen molar-refractivity contribution in [3.63, 3.8) is 0 Å². The molecule has 2 aromatic rings. The van der Waals surface area contributed by atoms with Crippen LogP contribution in [0, 0.1) is 17.2 Å². The Morgan fingerprint density at radius 1 is 0.889 bits per heavy atom. The number of nitriles is 1. The lowest BCUT2D eigenvalue weighted by Crippen LogP contribution is -2.12. The SMILES string of the molecule is N#CC1CC2=C(C=CC1Br)c1cc3c(cc1CC2)-c1ccc(Br)cc1CC3. The fourth-order valence-corrected chi connectivity index (χ4v) is 5.62. The van der Waals surface area contributed by atoms with Crippen LogP contribution >= 0.6 is 31.9 Å². The van der Waals surface area contributed by atoms with Crippen LogP contribution < -0.4 is 0 Å². The van der Waals surface area contributed by atoms with Crippen molar-refractivity contribution < 1.29 is 0 Å². The second-order valence-electron chi connectivity index (χ2n) is 7.73. The summed E-state index contributed by atoms with van der Waals surface area (Å²) in [6.45, 7) is 0. The van der Waals surface area contributed by atoms with Crippen molar-refractivity contribution in [3.8, 4) is 17.2 Å². The lowest BCUT2D eigenvalue weighted by Gasteiger charge is -2.27. The van der Waals surface area contributed by atoms with Crippen molar-refractivity contribution in [2.75, 3.05) is 0 Å². The molecule has 0 heterocycles. The number of aryl methyl sites for hydroxylation is 3. The van der Waals surface area contributed by atoms with Gasteiger partial charge in [0.2, 0.25) is 0 Å². The summed E-state index contributed by atoms with van der Waals surface area (Å²) in [6.07, 6.45) is 9.63. The lowest BCUT2D eigenvalue weighted by atomic mass is 9.77. The third kappa shape index (κ3) is 2.94. The van der Waals surface area contributed by atoms with Crippen LogP contribution in [0.4, 0.5) is 0 Å². The Bertz CT molecular complexity index is 1050. The van der Waals surface area contributed by atoms with E-state index in [4.69, 9.17) is 0 Å². The van der Waals surface area contributed by atoms with Crippen LogP contribution in [0.3, 0.4) is 0 Å². The molecule has 0 fully saturated rings. The van der Waals surface area contributed by atoms with E-state index in [2.05, 4.69) is 80.4 Å². The predicted octanol–water partition coefficient (Wildman–Crippen LogP) is 6.78. The number of alkyl halides is 1. The number of nitrogens with zero attached hydrogens (tertiary/aromatic N) is 1. The van der Waals surface area contributed by atoms with Crippen molar-refractivity contribution in [2.24, 2.45) is 5.92 Å². The Morgan fingerprint density at radius 2 is 1.59 bits per heavy atom. The highest BCUT2D eigenvalue weighted by molar-refractivity contribution is 9.10. The Morgan fingerprint density at radius 3 is 2.41 bits per heavy atom. The standard InChI is InChI=1S/C24H19Br2N/c25-19-5-6-20-15(10-19)2-4-17-12-23-16(11-22(17)20)3-1-14-9-18(13-27)24(26)8-7-21(14)23/h5-8,10-12,18,24H,1-4,9H2. The number of fused-ring (bicyclic) bond motifs is 5. The number of allylic oxidation sites excluding steroid dienone is 4. The number of benzene rings is 2. The van der Waals surface area contributed by atoms with Crippen LogP contribution in [0.15, 0.2) is 52.5 Å². The smallest absolute Gasteiger partial charge is 0.0674 e. The van der Waals surface area contributed by atoms with Gasteiger partial charge in [-0.15, -0.1) is 0 Å². The van der Waals surface area contributed by atoms with E-state index in [1.807, 2.05) is 0 Å². The lowest BCUT2D eigenvalue weighted by molar-refractivity contribution is 0.669. The third-order valence-corrected chi connectivity index (χ3v) is 7.62. The van der Waals surface area contributed by atoms with Crippen LogP contribution in [-0.2, 0) is 19.3 Å². The molecule has 134 valence electrons. The molecule has 0 saturated heterocycles. The van der Waals surface area contributed by atoms with Crippen molar-refractivity contribution in [1.82, 2.24) is 0 Å². The van der Waals surface area contributed by atoms with E-state index in [-0.39, 0.29) is 10.7 Å². The highest BCUT2D eigenvalue weighted by Crippen LogP contribution is 2.43. The van der Waals surface area contributed by atoms with Crippen LogP contribution in [0.1, 0.15) is 35.1 Å². The molecule has 0 spiro atoms. The van der Waals surface area contributed by atoms with E-state index < -0.39 is 0 Å². The van der Waals surface area contributed by atoms with Gasteiger partial charge in [0.25, 0.3) is 0 Å². The largest absolute Gasteiger partial charge is 0.198 e. The maximum Gasteiger partial charge on any atom is 0.0674 e. The second-order valence-corrected chi connectivity index (χ2v) is 9.70. The van der Waals surface area contributed by atoms with E-state index in [9.17, 15) is 5.26 Å². The molecule has 2 atom stereocenters. The monoisotopic (exact) mass is 479 g/mol. The quantitative estimate of drug-likeness (QED) is 0.381. The summed E-state index contributed by atoms with van der Waals surface area (Å²) in [5.41, 5.74) is 11.4. The summed E-state index contributed by atoms with van der Waals surface area (Å²) in [7, 11) is 0. The van der Waals surface area contributed by atoms with Crippen molar-refractivity contribution in [2.45, 2.75) is 36.9 Å². The van der Waals surface area contributed by atoms with Crippen molar-refractivity contribution in [1.29, 1.82) is 5.26 Å². The molecule has 0 amide bonds. The molecule has 3 aliphatic rings. The highest BCUT2D eigenvalue weighted by atomic mass is 79.9. The molecule has 27 heavy (non-hydrogen) atoms. The van der Waals surface area contributed by atoms with Crippen LogP contribution in [0.5, 0.6) is 0 Å². The zero-order valence-corrected chi connectivity index (χ0v) is 18.1. The zero-order chi connectivity index (χ0) is 18.5. The van der Waals surface area contributed by atoms with E-state index >= 15 is 0 Å². The fourth-order valence-electron chi connectivity index (χ4n) is 4.75. The summed E-state index contributed by atoms with van der Waals surface area (Å²) in [6, 6.07) is 14.0. The molecule has 5 rings (SSSR count). The van der Waals surface area contributed by atoms with E-state index in [0.717, 1.165) is 36.6 Å². The summed E-state index contributed by atoms with van der Waals surface area (Å²) in [5.74, 6) is 0.0262. The zero-order valence-electron chi connectivity index (χ0n) is 14.9. The molecule has 0 N–H and O–H groups in total. The molecule has 2 unspecified atom stereocenters. The summed E-state index contributed by atoms with van der Waals surface area (Å²) in [4.78, 5) is 0.138. The molecule has 0 aromatic heterocycles. The number of hydrogen-bond acceptors (Lipinski definition) is 1. The van der Waals surface area contributed by atoms with Gasteiger partial charge in [0, 0.05) is 9.30 Å². The molecule has 2 aromatic carbocycles. The summed E-state index contributed by atoms with van der Waals surface area (Å²) >= 11 is 7.29. The molecule has 3 heteroatoms. The minimum atomic E-state index is 0.0262. The minimum Gasteiger partial charge on any atom is -0.198 e. The Kier molecular flexibility index (Phi) is 4.37. The number of halogens is 2. The minimum absolute atomic E-state index is 0.0262. The van der Waals surface area contributed by atoms with Gasteiger partial charge in [-0.3, -0.25) is 0 Å². The Hall–Kier alpha value is -1.63. The van der Waals surface area contributed by atoms with Gasteiger partial charge in [0.05, 0.1) is 12.0 Å². The van der Waals surface area contributed by atoms with Crippen molar-refractivity contribution in [3.05, 3.63) is 74.8 Å². The molecule has 0 bridgehead atoms. The van der Waals surface area contributed by atoms with E-state index in [1.165, 1.54) is 44.5 Å². The number of rotatable bonds is 0. The van der Waals surface area contributed by atoms with E-state index in [1.54, 1.807) is 0 Å². The van der Waals surface area contributed by atoms with Gasteiger partial charge < -0.3 is 0 Å². The molecule has 0 radical (unpaired) electrons. The van der Waals surface area contributed by atoms with Gasteiger partial charge >= 0.3 is 0 Å². The molecule has 3 aliphatic carbocycles. The fraction of sp³-hybridized carbons (Fsp3) is 0.292. The highest BCUT2D eigenvalue weighted by Gasteiger charge is 2.28. The predicted molar refractivity (Wildman–Crippen MR) is 118 cm³/mol. The average molecular weight is 481 g/mol. The van der Waals surface area contributed by atoms with Crippen LogP contribution in [0.2, 0.25) is 0 Å². The van der Waals surface area contributed by atoms with Crippen molar-refractivity contribution >= 4 is 37.4 Å². The Labute approximate surface area is 177 Å². The summed E-state index contributed by atoms with van der Waals surface area (Å²) < 4.78 is 1.16. The molecule has 1 nitrogen and oxygen atoms in total. The molecule has 0 aliphatic heterocycles. The third-order valence-electron chi connectivity index (χ3n) is 6.18. The molecular formula is C24H19Br2N. The van der Waals surface area contributed by atoms with Gasteiger partial charge in [-0.05, 0) is 83.2 Å². The molecule has 0 saturated carbocycles. The normalized spacial score (nSPS) is 22.9. The first kappa shape index (κ1) is 17.5. The van der Waals surface area contributed by atoms with Gasteiger partial charge in [-0.1, -0.05) is 67.8 Å². The van der Waals surface area contributed by atoms with Crippen LogP contribution in [-0.4, -0.2) is 4.83 Å². The van der Waals surface area contributed by atoms with Gasteiger partial charge in [0.15, 0.2) is 0 Å². The first-order valence-corrected chi connectivity index (χ1v) is 11.2. The average Bonchev–Trinajstić information content (AvgIpc) is 2.85. The topological polar surface area (TPSA) is 23.8 Å². The summed E-state index contributed by atoms with van der Waals surface area (Å²) in [5, 5.41) is 9.50. The Balaban J connectivity index is 1.64.